The van der Waals surface area contributed by atoms with E-state index in [9.17, 15) is 0 Å². The van der Waals surface area contributed by atoms with Crippen LogP contribution in [-0.4, -0.2) is 24.4 Å². The number of benzene rings is 2. The molecule has 0 bridgehead atoms. The van der Waals surface area contributed by atoms with E-state index in [1.54, 1.807) is 0 Å². The van der Waals surface area contributed by atoms with Gasteiger partial charge in [-0.25, -0.2) is 0 Å². The Bertz CT molecular complexity index is 749. The van der Waals surface area contributed by atoms with Gasteiger partial charge in [0.15, 0.2) is 0 Å². The highest BCUT2D eigenvalue weighted by Crippen LogP contribution is 2.43. The van der Waals surface area contributed by atoms with Crippen molar-refractivity contribution < 1.29 is 4.43 Å². The zero-order valence-corrected chi connectivity index (χ0v) is 20.5. The van der Waals surface area contributed by atoms with E-state index in [1.165, 1.54) is 29.1 Å². The molecule has 1 fully saturated rings. The summed E-state index contributed by atoms with van der Waals surface area (Å²) < 4.78 is 7.21. The number of rotatable bonds is 6. The van der Waals surface area contributed by atoms with Crippen molar-refractivity contribution >= 4 is 31.8 Å². The molecule has 2 aromatic carbocycles. The minimum Gasteiger partial charge on any atom is -0.543 e. The van der Waals surface area contributed by atoms with Gasteiger partial charge >= 0.3 is 0 Å². The average molecular weight is 431 g/mol. The maximum absolute atomic E-state index is 6.57. The molecule has 2 aromatic rings. The Kier molecular flexibility index (Phi) is 7.27. The van der Waals surface area contributed by atoms with Crippen LogP contribution in [0.4, 0.5) is 0 Å². The van der Waals surface area contributed by atoms with Gasteiger partial charge in [-0.15, -0.1) is 23.5 Å². The Hall–Kier alpha value is -0.843. The van der Waals surface area contributed by atoms with Crippen LogP contribution in [0.3, 0.4) is 0 Å². The van der Waals surface area contributed by atoms with Crippen LogP contribution in [0.25, 0.3) is 0 Å². The quantitative estimate of drug-likeness (QED) is 0.437. The molecule has 1 heterocycles. The van der Waals surface area contributed by atoms with Crippen molar-refractivity contribution in [1.82, 2.24) is 0 Å². The second-order valence-electron chi connectivity index (χ2n) is 9.19. The minimum atomic E-state index is -1.81. The van der Waals surface area contributed by atoms with Gasteiger partial charge in [0.2, 0.25) is 8.32 Å². The molecule has 1 saturated heterocycles. The molecule has 1 atom stereocenters. The normalized spacial score (nSPS) is 17.3. The first-order valence-electron chi connectivity index (χ1n) is 10.3. The largest absolute Gasteiger partial charge is 0.543 e. The highest BCUT2D eigenvalue weighted by atomic mass is 32.2. The van der Waals surface area contributed by atoms with E-state index in [1.807, 2.05) is 0 Å². The summed E-state index contributed by atoms with van der Waals surface area (Å²) in [5, 5.41) is 0.213. The van der Waals surface area contributed by atoms with E-state index < -0.39 is 8.32 Å². The number of hydrogen-bond donors (Lipinski definition) is 0. The SMILES string of the molecule is CC(C)(C)[Si](C)(C)Oc1cccc(CC(c2ccccc2)C2SCCCS2)c1. The zero-order chi connectivity index (χ0) is 20.2. The number of thioether (sulfide) groups is 2. The van der Waals surface area contributed by atoms with Gasteiger partial charge in [-0.3, -0.25) is 0 Å². The lowest BCUT2D eigenvalue weighted by Crippen LogP contribution is -2.43. The number of hydrogen-bond acceptors (Lipinski definition) is 3. The molecular weight excluding hydrogens is 396 g/mol. The van der Waals surface area contributed by atoms with Crippen LogP contribution in [0.1, 0.15) is 44.2 Å². The summed E-state index contributed by atoms with van der Waals surface area (Å²) in [4.78, 5) is 0. The maximum Gasteiger partial charge on any atom is 0.250 e. The van der Waals surface area contributed by atoms with Crippen molar-refractivity contribution in [2.24, 2.45) is 0 Å². The van der Waals surface area contributed by atoms with Crippen LogP contribution in [0.15, 0.2) is 54.6 Å². The Morgan fingerprint density at radius 1 is 1.00 bits per heavy atom. The standard InChI is InChI=1S/C24H34OS2Si/c1-24(2,3)28(4,5)25-21-14-9-11-19(17-21)18-22(20-12-7-6-8-13-20)23-26-15-10-16-27-23/h6-9,11-14,17,22-23H,10,15-16,18H2,1-5H3. The molecule has 1 unspecified atom stereocenters. The van der Waals surface area contributed by atoms with Gasteiger partial charge in [0.25, 0.3) is 0 Å². The Morgan fingerprint density at radius 3 is 2.32 bits per heavy atom. The fourth-order valence-electron chi connectivity index (χ4n) is 3.25. The molecule has 3 rings (SSSR count). The van der Waals surface area contributed by atoms with Gasteiger partial charge in [-0.2, -0.15) is 0 Å². The summed E-state index contributed by atoms with van der Waals surface area (Å²) in [6.45, 7) is 11.5. The summed E-state index contributed by atoms with van der Waals surface area (Å²) in [6, 6.07) is 19.9. The second kappa shape index (κ2) is 9.31. The van der Waals surface area contributed by atoms with E-state index in [4.69, 9.17) is 4.43 Å². The monoisotopic (exact) mass is 430 g/mol. The molecule has 152 valence electrons. The second-order valence-corrected chi connectivity index (χ2v) is 16.7. The van der Waals surface area contributed by atoms with E-state index >= 15 is 0 Å². The van der Waals surface area contributed by atoms with E-state index in [2.05, 4.69) is 112 Å². The molecule has 0 saturated carbocycles. The Labute approximate surface area is 181 Å². The smallest absolute Gasteiger partial charge is 0.250 e. The third-order valence-corrected chi connectivity index (χ3v) is 13.5. The van der Waals surface area contributed by atoms with Gasteiger partial charge in [0, 0.05) is 5.92 Å². The lowest BCUT2D eigenvalue weighted by atomic mass is 9.93. The fourth-order valence-corrected chi connectivity index (χ4v) is 7.47. The molecule has 1 aliphatic rings. The lowest BCUT2D eigenvalue weighted by molar-refractivity contribution is 0.491. The van der Waals surface area contributed by atoms with E-state index in [-0.39, 0.29) is 5.04 Å². The molecule has 4 heteroatoms. The lowest BCUT2D eigenvalue weighted by Gasteiger charge is -2.36. The first kappa shape index (κ1) is 21.9. The molecule has 0 N–H and O–H groups in total. The molecule has 0 spiro atoms. The highest BCUT2D eigenvalue weighted by Gasteiger charge is 2.39. The van der Waals surface area contributed by atoms with Gasteiger partial charge in [0.05, 0.1) is 4.58 Å². The highest BCUT2D eigenvalue weighted by molar-refractivity contribution is 8.17. The van der Waals surface area contributed by atoms with Crippen LogP contribution in [-0.2, 0) is 6.42 Å². The Morgan fingerprint density at radius 2 is 1.68 bits per heavy atom. The van der Waals surface area contributed by atoms with Crippen LogP contribution in [0.5, 0.6) is 5.75 Å². The summed E-state index contributed by atoms with van der Waals surface area (Å²) in [5.74, 6) is 4.16. The molecule has 0 aromatic heterocycles. The van der Waals surface area contributed by atoms with Crippen LogP contribution >= 0.6 is 23.5 Å². The molecular formula is C24H34OS2Si. The molecule has 28 heavy (non-hydrogen) atoms. The van der Waals surface area contributed by atoms with Gasteiger partial charge in [0.1, 0.15) is 5.75 Å². The third-order valence-electron chi connectivity index (χ3n) is 5.94. The Balaban J connectivity index is 1.81. The minimum absolute atomic E-state index is 0.213. The molecule has 0 aliphatic carbocycles. The van der Waals surface area contributed by atoms with E-state index in [0.717, 1.165) is 12.2 Å². The molecule has 1 aliphatic heterocycles. The van der Waals surface area contributed by atoms with Crippen LogP contribution in [0.2, 0.25) is 18.1 Å². The molecule has 0 amide bonds. The third kappa shape index (κ3) is 5.61. The van der Waals surface area contributed by atoms with Crippen LogP contribution in [0, 0.1) is 0 Å². The summed E-state index contributed by atoms with van der Waals surface area (Å²) in [5.41, 5.74) is 2.85. The average Bonchev–Trinajstić information content (AvgIpc) is 2.66. The maximum atomic E-state index is 6.57. The first-order chi connectivity index (χ1) is 13.3. The van der Waals surface area contributed by atoms with Crippen molar-refractivity contribution in [2.45, 2.75) is 62.2 Å². The van der Waals surface area contributed by atoms with Crippen molar-refractivity contribution in [2.75, 3.05) is 11.5 Å². The van der Waals surface area contributed by atoms with Gasteiger partial charge in [-0.1, -0.05) is 63.2 Å². The van der Waals surface area contributed by atoms with Crippen molar-refractivity contribution in [3.63, 3.8) is 0 Å². The van der Waals surface area contributed by atoms with Gasteiger partial charge < -0.3 is 4.43 Å². The predicted molar refractivity (Wildman–Crippen MR) is 130 cm³/mol. The zero-order valence-electron chi connectivity index (χ0n) is 17.9. The summed E-state index contributed by atoms with van der Waals surface area (Å²) in [6.07, 6.45) is 2.41. The van der Waals surface area contributed by atoms with E-state index in [0.29, 0.717) is 10.5 Å². The van der Waals surface area contributed by atoms with Crippen molar-refractivity contribution in [1.29, 1.82) is 0 Å². The van der Waals surface area contributed by atoms with Crippen molar-refractivity contribution in [3.05, 3.63) is 65.7 Å². The molecule has 0 radical (unpaired) electrons. The summed E-state index contributed by atoms with van der Waals surface area (Å²) >= 11 is 4.28. The topological polar surface area (TPSA) is 9.23 Å². The molecule has 1 nitrogen and oxygen atoms in total. The summed E-state index contributed by atoms with van der Waals surface area (Å²) in [7, 11) is -1.81. The predicted octanol–water partition coefficient (Wildman–Crippen LogP) is 7.59. The van der Waals surface area contributed by atoms with Gasteiger partial charge in [-0.05, 0) is 65.7 Å². The first-order valence-corrected chi connectivity index (χ1v) is 15.3. The fraction of sp³-hybridized carbons (Fsp3) is 0.500. The van der Waals surface area contributed by atoms with Crippen molar-refractivity contribution in [3.8, 4) is 5.75 Å². The van der Waals surface area contributed by atoms with Crippen LogP contribution < -0.4 is 4.43 Å².